The minimum absolute atomic E-state index is 0.0967. The molecule has 0 radical (unpaired) electrons. The third kappa shape index (κ3) is 3.40. The van der Waals surface area contributed by atoms with Gasteiger partial charge in [-0.25, -0.2) is 0 Å². The zero-order valence-corrected chi connectivity index (χ0v) is 16.0. The monoisotopic (exact) mass is 326 g/mol. The maximum Gasteiger partial charge on any atom is 0.144 e. The van der Waals surface area contributed by atoms with E-state index < -0.39 is 5.60 Å². The Bertz CT molecular complexity index is 602. The zero-order valence-electron chi connectivity index (χ0n) is 16.0. The lowest BCUT2D eigenvalue weighted by atomic mass is 9.71. The van der Waals surface area contributed by atoms with Crippen LogP contribution in [-0.2, 0) is 15.1 Å². The summed E-state index contributed by atoms with van der Waals surface area (Å²) < 4.78 is 12.3. The van der Waals surface area contributed by atoms with Gasteiger partial charge in [-0.3, -0.25) is 0 Å². The van der Waals surface area contributed by atoms with Crippen molar-refractivity contribution in [1.82, 2.24) is 0 Å². The fourth-order valence-electron chi connectivity index (χ4n) is 3.54. The number of ether oxygens (including phenoxy) is 2. The first-order chi connectivity index (χ1) is 11.3. The minimum Gasteiger partial charge on any atom is -0.377 e. The highest BCUT2D eigenvalue weighted by molar-refractivity contribution is 5.41. The average Bonchev–Trinajstić information content (AvgIpc) is 2.53. The Morgan fingerprint density at radius 2 is 1.08 bits per heavy atom. The lowest BCUT2D eigenvalue weighted by Crippen LogP contribution is -2.50. The van der Waals surface area contributed by atoms with E-state index >= 15 is 0 Å². The fourth-order valence-corrected chi connectivity index (χ4v) is 3.54. The van der Waals surface area contributed by atoms with Crippen molar-refractivity contribution >= 4 is 0 Å². The minimum atomic E-state index is -0.658. The van der Waals surface area contributed by atoms with Crippen LogP contribution in [0.1, 0.15) is 43.0 Å². The maximum absolute atomic E-state index is 6.24. The Balaban J connectivity index is 2.75. The maximum atomic E-state index is 6.24. The van der Waals surface area contributed by atoms with Gasteiger partial charge in [0.2, 0.25) is 0 Å². The van der Waals surface area contributed by atoms with Crippen LogP contribution in [0.15, 0.2) is 48.5 Å². The number of benzene rings is 2. The predicted molar refractivity (Wildman–Crippen MR) is 100 cm³/mol. The van der Waals surface area contributed by atoms with Crippen molar-refractivity contribution in [3.8, 4) is 0 Å². The van der Waals surface area contributed by atoms with E-state index in [1.54, 1.807) is 14.2 Å². The molecule has 2 rings (SSSR count). The van der Waals surface area contributed by atoms with E-state index in [2.05, 4.69) is 83.1 Å². The summed E-state index contributed by atoms with van der Waals surface area (Å²) in [4.78, 5) is 0. The molecular weight excluding hydrogens is 296 g/mol. The van der Waals surface area contributed by atoms with Gasteiger partial charge < -0.3 is 9.47 Å². The van der Waals surface area contributed by atoms with Crippen molar-refractivity contribution < 1.29 is 9.47 Å². The van der Waals surface area contributed by atoms with Gasteiger partial charge in [-0.05, 0) is 30.4 Å². The van der Waals surface area contributed by atoms with Crippen LogP contribution in [-0.4, -0.2) is 20.3 Å². The zero-order chi connectivity index (χ0) is 18.0. The van der Waals surface area contributed by atoms with E-state index in [9.17, 15) is 0 Å². The molecule has 0 aromatic heterocycles. The molecule has 0 aliphatic rings. The summed E-state index contributed by atoms with van der Waals surface area (Å²) in [5.41, 5.74) is 3.94. The normalized spacial score (nSPS) is 13.8. The lowest BCUT2D eigenvalue weighted by molar-refractivity contribution is -0.139. The first-order valence-electron chi connectivity index (χ1n) is 8.48. The molecule has 0 fully saturated rings. The van der Waals surface area contributed by atoms with Crippen molar-refractivity contribution in [2.45, 2.75) is 46.3 Å². The standard InChI is InChI=1S/C22H30O2/c1-16-8-12-18(13-9-16)22(24-7,20(23-6)21(3,4)5)19-14-10-17(2)11-15-19/h8-15,20H,1-7H3. The Hall–Kier alpha value is -1.64. The van der Waals surface area contributed by atoms with Gasteiger partial charge in [0.05, 0.1) is 6.10 Å². The first kappa shape index (κ1) is 18.7. The smallest absolute Gasteiger partial charge is 0.144 e. The van der Waals surface area contributed by atoms with Gasteiger partial charge in [0, 0.05) is 14.2 Å². The second kappa shape index (κ2) is 7.08. The summed E-state index contributed by atoms with van der Waals surface area (Å²) in [5, 5.41) is 0. The largest absolute Gasteiger partial charge is 0.377 e. The van der Waals surface area contributed by atoms with Gasteiger partial charge in [-0.1, -0.05) is 80.4 Å². The molecule has 2 nitrogen and oxygen atoms in total. The van der Waals surface area contributed by atoms with Crippen molar-refractivity contribution in [2.24, 2.45) is 5.41 Å². The van der Waals surface area contributed by atoms with Gasteiger partial charge in [-0.2, -0.15) is 0 Å². The Morgan fingerprint density at radius 3 is 1.33 bits per heavy atom. The average molecular weight is 326 g/mol. The van der Waals surface area contributed by atoms with E-state index in [1.807, 2.05) is 0 Å². The van der Waals surface area contributed by atoms with Crippen LogP contribution in [0.3, 0.4) is 0 Å². The third-order valence-electron chi connectivity index (χ3n) is 4.67. The second-order valence-electron chi connectivity index (χ2n) is 7.65. The Kier molecular flexibility index (Phi) is 5.52. The van der Waals surface area contributed by atoms with E-state index in [1.165, 1.54) is 11.1 Å². The first-order valence-corrected chi connectivity index (χ1v) is 8.48. The molecule has 0 N–H and O–H groups in total. The molecular formula is C22H30O2. The van der Waals surface area contributed by atoms with Crippen LogP contribution in [0, 0.1) is 19.3 Å². The Labute approximate surface area is 146 Å². The van der Waals surface area contributed by atoms with Crippen molar-refractivity contribution in [3.05, 3.63) is 70.8 Å². The summed E-state index contributed by atoms with van der Waals surface area (Å²) in [7, 11) is 3.55. The highest BCUT2D eigenvalue weighted by Gasteiger charge is 2.48. The SMILES string of the molecule is COC(C(C)(C)C)C(OC)(c1ccc(C)cc1)c1ccc(C)cc1. The quantitative estimate of drug-likeness (QED) is 0.746. The van der Waals surface area contributed by atoms with E-state index in [4.69, 9.17) is 9.47 Å². The molecule has 24 heavy (non-hydrogen) atoms. The molecule has 0 spiro atoms. The van der Waals surface area contributed by atoms with Crippen LogP contribution < -0.4 is 0 Å². The number of aryl methyl sites for hydroxylation is 2. The summed E-state index contributed by atoms with van der Waals surface area (Å²) in [6, 6.07) is 17.1. The van der Waals surface area contributed by atoms with Crippen LogP contribution in [0.2, 0.25) is 0 Å². The summed E-state index contributed by atoms with van der Waals surface area (Å²) in [5.74, 6) is 0. The number of hydrogen-bond acceptors (Lipinski definition) is 2. The van der Waals surface area contributed by atoms with Gasteiger partial charge >= 0.3 is 0 Å². The van der Waals surface area contributed by atoms with Crippen molar-refractivity contribution in [2.75, 3.05) is 14.2 Å². The summed E-state index contributed by atoms with van der Waals surface area (Å²) in [6.45, 7) is 10.8. The highest BCUT2D eigenvalue weighted by atomic mass is 16.5. The molecule has 2 aromatic carbocycles. The molecule has 1 unspecified atom stereocenters. The van der Waals surface area contributed by atoms with Crippen LogP contribution in [0.4, 0.5) is 0 Å². The Morgan fingerprint density at radius 1 is 0.708 bits per heavy atom. The molecule has 0 heterocycles. The molecule has 2 aromatic rings. The van der Waals surface area contributed by atoms with Gasteiger partial charge in [0.25, 0.3) is 0 Å². The molecule has 0 aliphatic carbocycles. The van der Waals surface area contributed by atoms with E-state index in [0.29, 0.717) is 0 Å². The van der Waals surface area contributed by atoms with Crippen LogP contribution >= 0.6 is 0 Å². The third-order valence-corrected chi connectivity index (χ3v) is 4.67. The van der Waals surface area contributed by atoms with Gasteiger partial charge in [0.15, 0.2) is 0 Å². The van der Waals surface area contributed by atoms with Crippen molar-refractivity contribution in [1.29, 1.82) is 0 Å². The number of methoxy groups -OCH3 is 2. The molecule has 130 valence electrons. The fraction of sp³-hybridized carbons (Fsp3) is 0.455. The predicted octanol–water partition coefficient (Wildman–Crippen LogP) is 5.25. The van der Waals surface area contributed by atoms with Crippen LogP contribution in [0.5, 0.6) is 0 Å². The van der Waals surface area contributed by atoms with Gasteiger partial charge in [0.1, 0.15) is 5.60 Å². The molecule has 1 atom stereocenters. The topological polar surface area (TPSA) is 18.5 Å². The molecule has 0 aliphatic heterocycles. The van der Waals surface area contributed by atoms with Gasteiger partial charge in [-0.15, -0.1) is 0 Å². The molecule has 0 saturated heterocycles. The summed E-state index contributed by atoms with van der Waals surface area (Å²) >= 11 is 0. The highest BCUT2D eigenvalue weighted by Crippen LogP contribution is 2.44. The molecule has 0 bridgehead atoms. The molecule has 0 amide bonds. The van der Waals surface area contributed by atoms with E-state index in [-0.39, 0.29) is 11.5 Å². The number of hydrogen-bond donors (Lipinski definition) is 0. The summed E-state index contributed by atoms with van der Waals surface area (Å²) in [6.07, 6.45) is -0.139. The number of rotatable bonds is 5. The molecule has 0 saturated carbocycles. The lowest BCUT2D eigenvalue weighted by Gasteiger charge is -2.45. The second-order valence-corrected chi connectivity index (χ2v) is 7.65. The molecule has 2 heteroatoms. The van der Waals surface area contributed by atoms with Crippen molar-refractivity contribution in [3.63, 3.8) is 0 Å². The van der Waals surface area contributed by atoms with E-state index in [0.717, 1.165) is 11.1 Å². The van der Waals surface area contributed by atoms with Crippen LogP contribution in [0.25, 0.3) is 0 Å².